The Labute approximate surface area is 125 Å². The molecular weight excluding hydrogens is 320 g/mol. The third kappa shape index (κ3) is 2.86. The number of benzene rings is 1. The van der Waals surface area contributed by atoms with E-state index >= 15 is 0 Å². The molecule has 0 radical (unpaired) electrons. The Hall–Kier alpha value is -0.840. The van der Waals surface area contributed by atoms with Gasteiger partial charge in [0.25, 0.3) is 0 Å². The molecule has 0 saturated carbocycles. The minimum atomic E-state index is 0.552. The molecule has 2 aromatic rings. The molecule has 0 amide bonds. The van der Waals surface area contributed by atoms with Gasteiger partial charge in [-0.2, -0.15) is 0 Å². The number of hydrogen-bond donors (Lipinski definition) is 1. The van der Waals surface area contributed by atoms with Crippen molar-refractivity contribution < 1.29 is 0 Å². The first-order valence-electron chi connectivity index (χ1n) is 6.41. The van der Waals surface area contributed by atoms with Gasteiger partial charge in [-0.1, -0.05) is 39.8 Å². The van der Waals surface area contributed by atoms with Gasteiger partial charge in [0.1, 0.15) is 5.03 Å². The number of fused-ring (bicyclic) bond motifs is 1. The normalized spacial score (nSPS) is 13.6. The second kappa shape index (κ2) is 5.65. The summed E-state index contributed by atoms with van der Waals surface area (Å²) in [5.41, 5.74) is 9.67. The van der Waals surface area contributed by atoms with Crippen LogP contribution in [0.2, 0.25) is 0 Å². The first-order chi connectivity index (χ1) is 9.26. The maximum absolute atomic E-state index is 5.87. The van der Waals surface area contributed by atoms with Crippen LogP contribution in [0, 0.1) is 0 Å². The van der Waals surface area contributed by atoms with Crippen molar-refractivity contribution in [3.05, 3.63) is 51.6 Å². The third-order valence-electron chi connectivity index (χ3n) is 3.32. The number of pyridine rings is 1. The lowest BCUT2D eigenvalue weighted by atomic mass is 10.1. The highest BCUT2D eigenvalue weighted by Crippen LogP contribution is 2.33. The second-order valence-corrected chi connectivity index (χ2v) is 6.65. The number of aromatic nitrogens is 1. The van der Waals surface area contributed by atoms with Gasteiger partial charge in [-0.05, 0) is 48.6 Å². The Bertz CT molecular complexity index is 613. The summed E-state index contributed by atoms with van der Waals surface area (Å²) in [5, 5.41) is 1.06. The molecule has 98 valence electrons. The fraction of sp³-hybridized carbons (Fsp3) is 0.267. The average molecular weight is 335 g/mol. The van der Waals surface area contributed by atoms with Gasteiger partial charge in [0.15, 0.2) is 0 Å². The number of halogens is 1. The van der Waals surface area contributed by atoms with E-state index in [0.29, 0.717) is 6.54 Å². The first-order valence-corrected chi connectivity index (χ1v) is 8.02. The molecule has 4 heteroatoms. The van der Waals surface area contributed by atoms with Crippen molar-refractivity contribution in [1.82, 2.24) is 4.98 Å². The zero-order valence-corrected chi connectivity index (χ0v) is 12.9. The predicted molar refractivity (Wildman–Crippen MR) is 82.4 cm³/mol. The van der Waals surface area contributed by atoms with Gasteiger partial charge in [-0.25, -0.2) is 4.98 Å². The molecule has 0 fully saturated rings. The highest BCUT2D eigenvalue weighted by molar-refractivity contribution is 9.10. The number of nitrogens with two attached hydrogens (primary N) is 1. The molecule has 0 bridgehead atoms. The van der Waals surface area contributed by atoms with Gasteiger partial charge in [0, 0.05) is 21.6 Å². The minimum Gasteiger partial charge on any atom is -0.326 e. The van der Waals surface area contributed by atoms with Crippen LogP contribution in [-0.4, -0.2) is 4.98 Å². The Morgan fingerprint density at radius 3 is 2.95 bits per heavy atom. The van der Waals surface area contributed by atoms with Gasteiger partial charge in [0.2, 0.25) is 0 Å². The maximum atomic E-state index is 5.87. The largest absolute Gasteiger partial charge is 0.326 e. The van der Waals surface area contributed by atoms with E-state index in [1.807, 2.05) is 12.1 Å². The van der Waals surface area contributed by atoms with Crippen LogP contribution in [0.5, 0.6) is 0 Å². The van der Waals surface area contributed by atoms with E-state index in [4.69, 9.17) is 10.7 Å². The summed E-state index contributed by atoms with van der Waals surface area (Å²) in [4.78, 5) is 6.01. The summed E-state index contributed by atoms with van der Waals surface area (Å²) in [6.45, 7) is 0.552. The molecule has 3 rings (SSSR count). The van der Waals surface area contributed by atoms with E-state index in [0.717, 1.165) is 27.9 Å². The lowest BCUT2D eigenvalue weighted by Gasteiger charge is -2.10. The Kier molecular flexibility index (Phi) is 3.91. The third-order valence-corrected chi connectivity index (χ3v) is 4.85. The van der Waals surface area contributed by atoms with E-state index in [-0.39, 0.29) is 0 Å². The number of aryl methyl sites for hydroxylation is 2. The quantitative estimate of drug-likeness (QED) is 0.923. The number of nitrogens with zero attached hydrogens (tertiary/aromatic N) is 1. The maximum Gasteiger partial charge on any atom is 0.106 e. The van der Waals surface area contributed by atoms with Crippen LogP contribution in [-0.2, 0) is 19.4 Å². The molecule has 1 aliphatic rings. The van der Waals surface area contributed by atoms with Gasteiger partial charge in [0.05, 0.1) is 0 Å². The molecule has 1 aromatic heterocycles. The average Bonchev–Trinajstić information content (AvgIpc) is 2.85. The summed E-state index contributed by atoms with van der Waals surface area (Å²) >= 11 is 5.20. The number of rotatable bonds is 3. The monoisotopic (exact) mass is 334 g/mol. The first kappa shape index (κ1) is 13.2. The minimum absolute atomic E-state index is 0.552. The van der Waals surface area contributed by atoms with Crippen molar-refractivity contribution in [3.63, 3.8) is 0 Å². The van der Waals surface area contributed by atoms with Crippen LogP contribution in [0.4, 0.5) is 0 Å². The predicted octanol–water partition coefficient (Wildman–Crippen LogP) is 3.94. The smallest absolute Gasteiger partial charge is 0.106 e. The van der Waals surface area contributed by atoms with E-state index in [2.05, 4.69) is 34.1 Å². The summed E-state index contributed by atoms with van der Waals surface area (Å²) in [6.07, 6.45) is 3.47. The summed E-state index contributed by atoms with van der Waals surface area (Å²) in [7, 11) is 0. The van der Waals surface area contributed by atoms with Crippen molar-refractivity contribution in [3.8, 4) is 0 Å². The Morgan fingerprint density at radius 1 is 1.26 bits per heavy atom. The molecule has 0 saturated heterocycles. The number of hydrogen-bond acceptors (Lipinski definition) is 3. The molecule has 19 heavy (non-hydrogen) atoms. The van der Waals surface area contributed by atoms with E-state index in [1.165, 1.54) is 22.6 Å². The van der Waals surface area contributed by atoms with Gasteiger partial charge in [-0.15, -0.1) is 0 Å². The second-order valence-electron chi connectivity index (χ2n) is 4.68. The molecular formula is C15H15BrN2S. The molecule has 0 aliphatic heterocycles. The Morgan fingerprint density at radius 2 is 2.16 bits per heavy atom. The summed E-state index contributed by atoms with van der Waals surface area (Å²) < 4.78 is 1.09. The zero-order chi connectivity index (χ0) is 13.2. The van der Waals surface area contributed by atoms with Crippen LogP contribution in [0.3, 0.4) is 0 Å². The molecule has 2 nitrogen and oxygen atoms in total. The fourth-order valence-electron chi connectivity index (χ4n) is 2.38. The van der Waals surface area contributed by atoms with Gasteiger partial charge in [-0.3, -0.25) is 0 Å². The molecule has 1 aromatic carbocycles. The van der Waals surface area contributed by atoms with Gasteiger partial charge < -0.3 is 5.73 Å². The molecule has 1 heterocycles. The van der Waals surface area contributed by atoms with Crippen LogP contribution in [0.15, 0.2) is 44.7 Å². The molecule has 1 aliphatic carbocycles. The SMILES string of the molecule is NCc1cc2c(nc1Sc1cccc(Br)c1)CCC2. The van der Waals surface area contributed by atoms with Crippen molar-refractivity contribution in [2.45, 2.75) is 35.7 Å². The van der Waals surface area contributed by atoms with Crippen LogP contribution in [0.1, 0.15) is 23.2 Å². The van der Waals surface area contributed by atoms with E-state index in [9.17, 15) is 0 Å². The van der Waals surface area contributed by atoms with Crippen LogP contribution < -0.4 is 5.73 Å². The molecule has 0 atom stereocenters. The van der Waals surface area contributed by atoms with Crippen LogP contribution in [0.25, 0.3) is 0 Å². The molecule has 0 unspecified atom stereocenters. The standard InChI is InChI=1S/C15H15BrN2S/c16-12-4-2-5-13(8-12)19-15-11(9-17)7-10-3-1-6-14(10)18-15/h2,4-5,7-8H,1,3,6,9,17H2. The van der Waals surface area contributed by atoms with E-state index < -0.39 is 0 Å². The van der Waals surface area contributed by atoms with Crippen molar-refractivity contribution in [1.29, 1.82) is 0 Å². The van der Waals surface area contributed by atoms with Crippen molar-refractivity contribution >= 4 is 27.7 Å². The van der Waals surface area contributed by atoms with E-state index in [1.54, 1.807) is 11.8 Å². The fourth-order valence-corrected chi connectivity index (χ4v) is 3.91. The highest BCUT2D eigenvalue weighted by atomic mass is 79.9. The highest BCUT2D eigenvalue weighted by Gasteiger charge is 2.16. The summed E-state index contributed by atoms with van der Waals surface area (Å²) in [6, 6.07) is 10.5. The molecule has 0 spiro atoms. The van der Waals surface area contributed by atoms with Crippen molar-refractivity contribution in [2.75, 3.05) is 0 Å². The lowest BCUT2D eigenvalue weighted by Crippen LogP contribution is -2.03. The Balaban J connectivity index is 1.96. The zero-order valence-electron chi connectivity index (χ0n) is 10.5. The van der Waals surface area contributed by atoms with Crippen LogP contribution >= 0.6 is 27.7 Å². The molecule has 2 N–H and O–H groups in total. The summed E-state index contributed by atoms with van der Waals surface area (Å²) in [5.74, 6) is 0. The van der Waals surface area contributed by atoms with Gasteiger partial charge >= 0.3 is 0 Å². The lowest BCUT2D eigenvalue weighted by molar-refractivity contribution is 0.884. The topological polar surface area (TPSA) is 38.9 Å². The van der Waals surface area contributed by atoms with Crippen molar-refractivity contribution in [2.24, 2.45) is 5.73 Å².